The van der Waals surface area contributed by atoms with E-state index in [1.165, 1.54) is 6.92 Å². The van der Waals surface area contributed by atoms with Gasteiger partial charge in [0, 0.05) is 18.6 Å². The number of carbonyl (C=O) groups excluding carboxylic acids is 1. The van der Waals surface area contributed by atoms with Crippen LogP contribution in [0.1, 0.15) is 58.6 Å². The highest BCUT2D eigenvalue weighted by Gasteiger charge is 2.61. The fraction of sp³-hybridized carbons (Fsp3) is 0.696. The minimum Gasteiger partial charge on any atom is -0.497 e. The Labute approximate surface area is 173 Å². The van der Waals surface area contributed by atoms with Gasteiger partial charge in [-0.1, -0.05) is 27.2 Å². The lowest BCUT2D eigenvalue weighted by atomic mass is 9.57. The molecule has 162 valence electrons. The number of methoxy groups -OCH3 is 2. The molecule has 0 amide bonds. The molecule has 2 fully saturated rings. The van der Waals surface area contributed by atoms with E-state index in [-0.39, 0.29) is 23.9 Å². The van der Waals surface area contributed by atoms with Crippen LogP contribution < -0.4 is 9.47 Å². The van der Waals surface area contributed by atoms with Crippen molar-refractivity contribution in [3.05, 3.63) is 23.8 Å². The Morgan fingerprint density at radius 3 is 2.55 bits per heavy atom. The summed E-state index contributed by atoms with van der Waals surface area (Å²) >= 11 is 0. The summed E-state index contributed by atoms with van der Waals surface area (Å²) in [7, 11) is 3.22. The van der Waals surface area contributed by atoms with Crippen molar-refractivity contribution < 1.29 is 28.8 Å². The summed E-state index contributed by atoms with van der Waals surface area (Å²) < 4.78 is 22.8. The highest BCUT2D eigenvalue weighted by atomic mass is 16.7. The first-order valence-electron chi connectivity index (χ1n) is 10.5. The van der Waals surface area contributed by atoms with Crippen LogP contribution in [-0.4, -0.2) is 37.2 Å². The highest BCUT2D eigenvalue weighted by Crippen LogP contribution is 2.56. The normalized spacial score (nSPS) is 36.8. The second-order valence-corrected chi connectivity index (χ2v) is 8.53. The second-order valence-electron chi connectivity index (χ2n) is 8.53. The van der Waals surface area contributed by atoms with Crippen LogP contribution >= 0.6 is 0 Å². The Balaban J connectivity index is 2.05. The largest absolute Gasteiger partial charge is 0.497 e. The lowest BCUT2D eigenvalue weighted by molar-refractivity contribution is -0.335. The van der Waals surface area contributed by atoms with Crippen LogP contribution in [0.25, 0.3) is 0 Å². The number of hydrogen-bond acceptors (Lipinski definition) is 6. The van der Waals surface area contributed by atoms with E-state index in [1.54, 1.807) is 14.2 Å². The van der Waals surface area contributed by atoms with E-state index in [2.05, 4.69) is 20.8 Å². The van der Waals surface area contributed by atoms with E-state index in [9.17, 15) is 9.90 Å². The number of benzene rings is 1. The fourth-order valence-corrected chi connectivity index (χ4v) is 5.63. The summed E-state index contributed by atoms with van der Waals surface area (Å²) in [6.07, 6.45) is 1.33. The Bertz CT molecular complexity index is 734. The van der Waals surface area contributed by atoms with Gasteiger partial charge in [-0.3, -0.25) is 4.79 Å². The predicted octanol–water partition coefficient (Wildman–Crippen LogP) is 4.10. The van der Waals surface area contributed by atoms with Crippen LogP contribution in [0.2, 0.25) is 0 Å². The second kappa shape index (κ2) is 8.52. The van der Waals surface area contributed by atoms with Crippen molar-refractivity contribution in [2.45, 2.75) is 65.0 Å². The molecule has 1 aromatic rings. The monoisotopic (exact) mass is 406 g/mol. The number of ether oxygens (including phenoxy) is 4. The average molecular weight is 407 g/mol. The molecule has 1 saturated heterocycles. The third-order valence-corrected chi connectivity index (χ3v) is 7.03. The molecule has 3 rings (SSSR count). The molecule has 7 atom stereocenters. The number of fused-ring (bicyclic) bond motifs is 1. The molecule has 0 aromatic heterocycles. The van der Waals surface area contributed by atoms with Gasteiger partial charge in [0.2, 0.25) is 6.29 Å². The first-order valence-corrected chi connectivity index (χ1v) is 10.5. The van der Waals surface area contributed by atoms with Gasteiger partial charge in [0.15, 0.2) is 0 Å². The van der Waals surface area contributed by atoms with Crippen molar-refractivity contribution in [2.75, 3.05) is 14.2 Å². The molecule has 29 heavy (non-hydrogen) atoms. The van der Waals surface area contributed by atoms with Gasteiger partial charge in [-0.25, -0.2) is 0 Å². The number of esters is 1. The van der Waals surface area contributed by atoms with Crippen molar-refractivity contribution in [3.8, 4) is 11.5 Å². The van der Waals surface area contributed by atoms with Gasteiger partial charge in [0.25, 0.3) is 0 Å². The van der Waals surface area contributed by atoms with Crippen molar-refractivity contribution in [1.29, 1.82) is 0 Å². The molecule has 1 unspecified atom stereocenters. The number of aliphatic hydroxyl groups is 1. The molecule has 1 aliphatic carbocycles. The van der Waals surface area contributed by atoms with Crippen molar-refractivity contribution >= 4 is 5.97 Å². The molecule has 1 saturated carbocycles. The summed E-state index contributed by atoms with van der Waals surface area (Å²) in [5, 5.41) is 11.9. The molecule has 0 radical (unpaired) electrons. The van der Waals surface area contributed by atoms with Gasteiger partial charge in [0.1, 0.15) is 17.1 Å². The predicted molar refractivity (Wildman–Crippen MR) is 109 cm³/mol. The SMILES string of the molecule is CC[C@H]1[C@H](C)CCC2[C@@H](C)[C@H](c3ccc(OC)cc3OC)O[C@H](OC(C)=O)[C@]21O. The van der Waals surface area contributed by atoms with Gasteiger partial charge in [0.05, 0.1) is 20.3 Å². The third kappa shape index (κ3) is 3.73. The minimum atomic E-state index is -1.20. The third-order valence-electron chi connectivity index (χ3n) is 7.03. The topological polar surface area (TPSA) is 74.2 Å². The summed E-state index contributed by atoms with van der Waals surface area (Å²) in [5.41, 5.74) is -0.333. The number of carbonyl (C=O) groups is 1. The van der Waals surface area contributed by atoms with Crippen LogP contribution in [-0.2, 0) is 14.3 Å². The van der Waals surface area contributed by atoms with Crippen molar-refractivity contribution in [2.24, 2.45) is 23.7 Å². The maximum absolute atomic E-state index is 11.9. The molecule has 1 heterocycles. The molecule has 1 N–H and O–H groups in total. The van der Waals surface area contributed by atoms with Crippen LogP contribution in [0.15, 0.2) is 18.2 Å². The molecule has 1 aliphatic heterocycles. The summed E-state index contributed by atoms with van der Waals surface area (Å²) in [5.74, 6) is 1.22. The Hall–Kier alpha value is -1.79. The molecule has 6 heteroatoms. The lowest BCUT2D eigenvalue weighted by Gasteiger charge is -2.57. The molecule has 2 aliphatic rings. The fourth-order valence-electron chi connectivity index (χ4n) is 5.63. The Morgan fingerprint density at radius 2 is 1.97 bits per heavy atom. The maximum atomic E-state index is 11.9. The zero-order valence-electron chi connectivity index (χ0n) is 18.3. The molecule has 6 nitrogen and oxygen atoms in total. The summed E-state index contributed by atoms with van der Waals surface area (Å²) in [4.78, 5) is 11.9. The lowest BCUT2D eigenvalue weighted by Crippen LogP contribution is -2.65. The first-order chi connectivity index (χ1) is 13.8. The Kier molecular flexibility index (Phi) is 6.44. The first kappa shape index (κ1) is 21.9. The molecular weight excluding hydrogens is 372 g/mol. The maximum Gasteiger partial charge on any atom is 0.305 e. The van der Waals surface area contributed by atoms with E-state index >= 15 is 0 Å². The summed E-state index contributed by atoms with van der Waals surface area (Å²) in [6.45, 7) is 7.71. The van der Waals surface area contributed by atoms with Gasteiger partial charge in [-0.2, -0.15) is 0 Å². The number of rotatable bonds is 5. The molecular formula is C23H34O6. The molecule has 0 spiro atoms. The van der Waals surface area contributed by atoms with E-state index < -0.39 is 17.9 Å². The van der Waals surface area contributed by atoms with E-state index in [4.69, 9.17) is 18.9 Å². The minimum absolute atomic E-state index is 0.00626. The van der Waals surface area contributed by atoms with Gasteiger partial charge < -0.3 is 24.1 Å². The van der Waals surface area contributed by atoms with Gasteiger partial charge in [-0.05, 0) is 48.6 Å². The van der Waals surface area contributed by atoms with Crippen LogP contribution in [0.4, 0.5) is 0 Å². The molecule has 0 bridgehead atoms. The standard InChI is InChI=1S/C23H34O6/c1-7-18-13(2)8-11-19-14(3)21(29-22(23(18,19)25)28-15(4)24)17-10-9-16(26-5)12-20(17)27-6/h9-10,12-14,18-19,21-22,25H,7-8,11H2,1-6H3/t13-,14-,18+,19?,21-,22+,23-/m1/s1. The van der Waals surface area contributed by atoms with Crippen molar-refractivity contribution in [1.82, 2.24) is 0 Å². The molecule has 1 aromatic carbocycles. The number of hydrogen-bond donors (Lipinski definition) is 1. The average Bonchev–Trinajstić information content (AvgIpc) is 2.69. The van der Waals surface area contributed by atoms with Crippen molar-refractivity contribution in [3.63, 3.8) is 0 Å². The Morgan fingerprint density at radius 1 is 1.24 bits per heavy atom. The summed E-state index contributed by atoms with van der Waals surface area (Å²) in [6, 6.07) is 5.62. The van der Waals surface area contributed by atoms with Crippen LogP contribution in [0, 0.1) is 23.7 Å². The smallest absolute Gasteiger partial charge is 0.305 e. The van der Waals surface area contributed by atoms with E-state index in [1.807, 2.05) is 18.2 Å². The van der Waals surface area contributed by atoms with Crippen LogP contribution in [0.5, 0.6) is 11.5 Å². The van der Waals surface area contributed by atoms with E-state index in [0.717, 1.165) is 24.8 Å². The quantitative estimate of drug-likeness (QED) is 0.742. The van der Waals surface area contributed by atoms with Gasteiger partial charge >= 0.3 is 5.97 Å². The van der Waals surface area contributed by atoms with E-state index in [0.29, 0.717) is 17.4 Å². The van der Waals surface area contributed by atoms with Gasteiger partial charge in [-0.15, -0.1) is 0 Å². The highest BCUT2D eigenvalue weighted by molar-refractivity contribution is 5.66. The zero-order chi connectivity index (χ0) is 21.3. The van der Waals surface area contributed by atoms with Crippen LogP contribution in [0.3, 0.4) is 0 Å². The zero-order valence-corrected chi connectivity index (χ0v) is 18.3.